The van der Waals surface area contributed by atoms with Crippen molar-refractivity contribution in [3.05, 3.63) is 12.7 Å². The van der Waals surface area contributed by atoms with Gasteiger partial charge in [0, 0.05) is 20.8 Å². The van der Waals surface area contributed by atoms with Crippen LogP contribution in [0.3, 0.4) is 0 Å². The molecule has 5 unspecified atom stereocenters. The first-order valence-corrected chi connectivity index (χ1v) is 7.68. The molecule has 1 aliphatic rings. The molecule has 1 aliphatic heterocycles. The van der Waals surface area contributed by atoms with Crippen LogP contribution in [0.4, 0.5) is 0 Å². The molecule has 0 bridgehead atoms. The van der Waals surface area contributed by atoms with Crippen molar-refractivity contribution < 1.29 is 47.6 Å². The number of methoxy groups -OCH3 is 1. The molecule has 1 saturated heterocycles. The molecule has 0 aromatic carbocycles. The number of esters is 4. The number of carbonyl (C=O) groups is 4. The number of hydrogen-bond donors (Lipinski definition) is 0. The summed E-state index contributed by atoms with van der Waals surface area (Å²) in [6.07, 6.45) is -5.40. The summed E-state index contributed by atoms with van der Waals surface area (Å²) in [4.78, 5) is 46.5. The summed E-state index contributed by atoms with van der Waals surface area (Å²) in [6, 6.07) is 0. The molecule has 0 N–H and O–H groups in total. The van der Waals surface area contributed by atoms with Crippen LogP contribution in [-0.4, -0.2) is 68.3 Å². The van der Waals surface area contributed by atoms with Crippen LogP contribution in [0.2, 0.25) is 0 Å². The van der Waals surface area contributed by atoms with E-state index in [4.69, 9.17) is 23.7 Å². The third kappa shape index (κ3) is 5.81. The van der Waals surface area contributed by atoms with Crippen molar-refractivity contribution in [1.82, 2.24) is 0 Å². The fraction of sp³-hybridized carbons (Fsp3) is 0.625. The normalized spacial score (nSPS) is 27.8. The smallest absolute Gasteiger partial charge is 0.339 e. The van der Waals surface area contributed by atoms with E-state index in [2.05, 4.69) is 11.3 Å². The molecular weight excluding hydrogens is 352 g/mol. The van der Waals surface area contributed by atoms with Crippen LogP contribution >= 0.6 is 0 Å². The van der Waals surface area contributed by atoms with Gasteiger partial charge in [-0.15, -0.1) is 6.58 Å². The van der Waals surface area contributed by atoms with Gasteiger partial charge >= 0.3 is 23.9 Å². The number of rotatable bonds is 7. The largest absolute Gasteiger partial charge is 0.467 e. The predicted octanol–water partition coefficient (Wildman–Crippen LogP) is -0.118. The Morgan fingerprint density at radius 1 is 0.923 bits per heavy atom. The highest BCUT2D eigenvalue weighted by Crippen LogP contribution is 2.30. The molecule has 1 rings (SSSR count). The summed E-state index contributed by atoms with van der Waals surface area (Å²) < 4.78 is 30.9. The van der Waals surface area contributed by atoms with Crippen molar-refractivity contribution in [3.63, 3.8) is 0 Å². The summed E-state index contributed by atoms with van der Waals surface area (Å²) in [7, 11) is 1.11. The molecule has 10 heteroatoms. The van der Waals surface area contributed by atoms with Gasteiger partial charge in [-0.3, -0.25) is 14.4 Å². The fourth-order valence-electron chi connectivity index (χ4n) is 2.38. The average Bonchev–Trinajstić information content (AvgIpc) is 2.55. The van der Waals surface area contributed by atoms with Crippen molar-refractivity contribution in [3.8, 4) is 0 Å². The number of carbonyl (C=O) groups excluding carboxylic acids is 4. The lowest BCUT2D eigenvalue weighted by Gasteiger charge is -2.43. The minimum absolute atomic E-state index is 0.0126. The Kier molecular flexibility index (Phi) is 8.20. The van der Waals surface area contributed by atoms with E-state index in [9.17, 15) is 19.2 Å². The van der Waals surface area contributed by atoms with Gasteiger partial charge in [-0.1, -0.05) is 6.08 Å². The van der Waals surface area contributed by atoms with Crippen molar-refractivity contribution in [2.75, 3.05) is 13.7 Å². The van der Waals surface area contributed by atoms with Crippen LogP contribution in [0.15, 0.2) is 12.7 Å². The van der Waals surface area contributed by atoms with E-state index in [-0.39, 0.29) is 6.61 Å². The van der Waals surface area contributed by atoms with Gasteiger partial charge in [0.25, 0.3) is 0 Å². The molecule has 5 atom stereocenters. The molecular formula is C16H22O10. The minimum Gasteiger partial charge on any atom is -0.467 e. The zero-order valence-electron chi connectivity index (χ0n) is 15.0. The van der Waals surface area contributed by atoms with E-state index in [0.29, 0.717) is 0 Å². The summed E-state index contributed by atoms with van der Waals surface area (Å²) in [5.74, 6) is -3.13. The first kappa shape index (κ1) is 21.6. The second kappa shape index (κ2) is 9.88. The van der Waals surface area contributed by atoms with Gasteiger partial charge in [-0.2, -0.15) is 0 Å². The van der Waals surface area contributed by atoms with Crippen LogP contribution in [0.1, 0.15) is 20.8 Å². The number of hydrogen-bond acceptors (Lipinski definition) is 10. The number of ether oxygens (including phenoxy) is 6. The fourth-order valence-corrected chi connectivity index (χ4v) is 2.38. The van der Waals surface area contributed by atoms with Crippen molar-refractivity contribution in [1.29, 1.82) is 0 Å². The van der Waals surface area contributed by atoms with Gasteiger partial charge in [0.1, 0.15) is 0 Å². The predicted molar refractivity (Wildman–Crippen MR) is 83.5 cm³/mol. The van der Waals surface area contributed by atoms with E-state index >= 15 is 0 Å². The Morgan fingerprint density at radius 2 is 1.42 bits per heavy atom. The maximum absolute atomic E-state index is 12.1. The van der Waals surface area contributed by atoms with E-state index in [1.165, 1.54) is 6.08 Å². The van der Waals surface area contributed by atoms with Crippen LogP contribution in [0, 0.1) is 0 Å². The Morgan fingerprint density at radius 3 is 1.88 bits per heavy atom. The second-order valence-corrected chi connectivity index (χ2v) is 5.29. The molecule has 146 valence electrons. The first-order valence-electron chi connectivity index (χ1n) is 7.68. The maximum atomic E-state index is 12.1. The molecule has 0 amide bonds. The molecule has 0 saturated carbocycles. The molecule has 0 radical (unpaired) electrons. The van der Waals surface area contributed by atoms with Crippen molar-refractivity contribution in [2.45, 2.75) is 51.5 Å². The first-order chi connectivity index (χ1) is 12.2. The summed E-state index contributed by atoms with van der Waals surface area (Å²) in [5.41, 5.74) is 0. The van der Waals surface area contributed by atoms with Gasteiger partial charge in [-0.05, 0) is 0 Å². The van der Waals surface area contributed by atoms with Crippen molar-refractivity contribution >= 4 is 23.9 Å². The van der Waals surface area contributed by atoms with Crippen molar-refractivity contribution in [2.24, 2.45) is 0 Å². The maximum Gasteiger partial charge on any atom is 0.339 e. The van der Waals surface area contributed by atoms with E-state index < -0.39 is 54.6 Å². The molecule has 0 aromatic rings. The van der Waals surface area contributed by atoms with Gasteiger partial charge < -0.3 is 28.4 Å². The van der Waals surface area contributed by atoms with Crippen LogP contribution in [0.25, 0.3) is 0 Å². The van der Waals surface area contributed by atoms with Gasteiger partial charge in [0.05, 0.1) is 13.7 Å². The Labute approximate surface area is 150 Å². The third-order valence-electron chi connectivity index (χ3n) is 3.21. The Bertz CT molecular complexity index is 557. The van der Waals surface area contributed by atoms with E-state index in [0.717, 1.165) is 27.9 Å². The van der Waals surface area contributed by atoms with Gasteiger partial charge in [0.2, 0.25) is 0 Å². The lowest BCUT2D eigenvalue weighted by molar-refractivity contribution is -0.299. The third-order valence-corrected chi connectivity index (χ3v) is 3.21. The van der Waals surface area contributed by atoms with E-state index in [1.807, 2.05) is 0 Å². The molecule has 26 heavy (non-hydrogen) atoms. The molecule has 1 fully saturated rings. The topological polar surface area (TPSA) is 124 Å². The highest BCUT2D eigenvalue weighted by molar-refractivity contribution is 5.77. The average molecular weight is 374 g/mol. The Hall–Kier alpha value is -2.46. The molecule has 10 nitrogen and oxygen atoms in total. The van der Waals surface area contributed by atoms with Crippen LogP contribution < -0.4 is 0 Å². The Balaban J connectivity index is 3.32. The zero-order valence-corrected chi connectivity index (χ0v) is 15.0. The quantitative estimate of drug-likeness (QED) is 0.338. The summed E-state index contributed by atoms with van der Waals surface area (Å²) in [5, 5.41) is 0. The molecule has 0 aromatic heterocycles. The highest BCUT2D eigenvalue weighted by Gasteiger charge is 2.55. The van der Waals surface area contributed by atoms with Crippen LogP contribution in [-0.2, 0) is 47.6 Å². The lowest BCUT2D eigenvalue weighted by Crippen LogP contribution is -2.63. The molecule has 0 spiro atoms. The SMILES string of the molecule is C=CCOC1OC(C(=O)OC)C(OC(C)=O)C(OC(C)=O)C1OC(C)=O. The molecule has 0 aliphatic carbocycles. The minimum atomic E-state index is -1.46. The monoisotopic (exact) mass is 374 g/mol. The lowest BCUT2D eigenvalue weighted by atomic mass is 9.97. The standard InChI is InChI=1S/C16H22O10/c1-6-7-22-16-14(25-10(4)19)12(24-9(3)18)11(23-8(2)17)13(26-16)15(20)21-5/h6,11-14,16H,1,7H2,2-5H3. The second-order valence-electron chi connectivity index (χ2n) is 5.29. The highest BCUT2D eigenvalue weighted by atomic mass is 16.7. The van der Waals surface area contributed by atoms with Gasteiger partial charge in [-0.25, -0.2) is 4.79 Å². The van der Waals surface area contributed by atoms with Gasteiger partial charge in [0.15, 0.2) is 30.7 Å². The van der Waals surface area contributed by atoms with E-state index in [1.54, 1.807) is 0 Å². The summed E-state index contributed by atoms with van der Waals surface area (Å²) in [6.45, 7) is 6.81. The summed E-state index contributed by atoms with van der Waals surface area (Å²) >= 11 is 0. The molecule has 1 heterocycles. The zero-order chi connectivity index (χ0) is 19.9. The van der Waals surface area contributed by atoms with Crippen LogP contribution in [0.5, 0.6) is 0 Å².